The summed E-state index contributed by atoms with van der Waals surface area (Å²) >= 11 is 0. The number of esters is 2. The third kappa shape index (κ3) is 16.7. The molecule has 0 aliphatic heterocycles. The van der Waals surface area contributed by atoms with E-state index in [-0.39, 0.29) is 11.5 Å². The summed E-state index contributed by atoms with van der Waals surface area (Å²) in [7, 11) is 0. The smallest absolute Gasteiger partial charge is 0.407 e. The van der Waals surface area contributed by atoms with E-state index in [1.807, 2.05) is 48.5 Å². The van der Waals surface area contributed by atoms with E-state index >= 15 is 0 Å². The number of aromatic hydroxyl groups is 2. The summed E-state index contributed by atoms with van der Waals surface area (Å²) < 4.78 is 22.1. The molecule has 2 atom stereocenters. The molecule has 0 saturated carbocycles. The summed E-state index contributed by atoms with van der Waals surface area (Å²) in [6.45, 7) is 22.1. The van der Waals surface area contributed by atoms with Crippen molar-refractivity contribution in [3.05, 3.63) is 71.8 Å². The number of hydrogen-bond donors (Lipinski definition) is 4. The van der Waals surface area contributed by atoms with Crippen LogP contribution in [0.4, 0.5) is 9.59 Å². The summed E-state index contributed by atoms with van der Waals surface area (Å²) in [4.78, 5) is 60.7. The summed E-state index contributed by atoms with van der Waals surface area (Å²) in [5.41, 5.74) is -1.53. The van der Waals surface area contributed by atoms with Crippen molar-refractivity contribution in [2.45, 2.75) is 156 Å². The highest BCUT2D eigenvalue weighted by Crippen LogP contribution is 2.47. The lowest BCUT2D eigenvalue weighted by Gasteiger charge is -2.23. The first-order valence-electron chi connectivity index (χ1n) is 22.7. The molecule has 0 fully saturated rings. The number of nitrogens with one attached hydrogen (secondary N) is 2. The van der Waals surface area contributed by atoms with Crippen LogP contribution in [0.3, 0.4) is 0 Å². The molecule has 4 aromatic rings. The molecule has 0 heterocycles. The lowest BCUT2D eigenvalue weighted by molar-refractivity contribution is -0.157. The molecule has 0 aliphatic carbocycles. The molecule has 4 rings (SSSR count). The molecule has 14 nitrogen and oxygen atoms in total. The maximum absolute atomic E-state index is 13.5. The molecule has 66 heavy (non-hydrogen) atoms. The third-order valence-electron chi connectivity index (χ3n) is 9.64. The van der Waals surface area contributed by atoms with Crippen LogP contribution in [0.1, 0.15) is 133 Å². The van der Waals surface area contributed by atoms with Crippen molar-refractivity contribution in [1.82, 2.24) is 10.6 Å². The van der Waals surface area contributed by atoms with Gasteiger partial charge in [0.2, 0.25) is 0 Å². The minimum Gasteiger partial charge on any atom is -0.507 e. The Morgan fingerprint density at radius 1 is 0.530 bits per heavy atom. The lowest BCUT2D eigenvalue weighted by Crippen LogP contribution is -2.33. The van der Waals surface area contributed by atoms with Gasteiger partial charge < -0.3 is 39.8 Å². The number of hydrogen-bond acceptors (Lipinski definition) is 12. The van der Waals surface area contributed by atoms with E-state index < -0.39 is 58.6 Å². The maximum Gasteiger partial charge on any atom is 0.407 e. The summed E-state index contributed by atoms with van der Waals surface area (Å²) in [6, 6.07) is 16.6. The number of nitrogens with zero attached hydrogens (tertiary/aromatic N) is 2. The SMILES string of the molecule is CC(C)(C)OC(=O)NCCCC[C@H](N=Cc1cc2ccccc2c(-c2c(O)c(C=N[C@@H](CCCCNC(=O)OC(C)(C)C)C(=O)OC(C)(C)C)cc3ccccc23)c1O)C(=O)OC(C)(C)C. The van der Waals surface area contributed by atoms with E-state index in [0.717, 1.165) is 10.8 Å². The molecule has 0 aromatic heterocycles. The number of alkyl carbamates (subject to hydrolysis) is 2. The van der Waals surface area contributed by atoms with Gasteiger partial charge in [-0.25, -0.2) is 19.2 Å². The predicted octanol–water partition coefficient (Wildman–Crippen LogP) is 10.7. The number of aliphatic imine (C=N–C) groups is 2. The predicted molar refractivity (Wildman–Crippen MR) is 261 cm³/mol. The van der Waals surface area contributed by atoms with Crippen LogP contribution in [-0.4, -0.2) is 94.3 Å². The zero-order chi connectivity index (χ0) is 49.0. The van der Waals surface area contributed by atoms with Crippen molar-refractivity contribution in [3.8, 4) is 22.6 Å². The van der Waals surface area contributed by atoms with Gasteiger partial charge in [0, 0.05) is 47.8 Å². The van der Waals surface area contributed by atoms with Crippen molar-refractivity contribution in [3.63, 3.8) is 0 Å². The van der Waals surface area contributed by atoms with Crippen LogP contribution < -0.4 is 10.6 Å². The van der Waals surface area contributed by atoms with Crippen molar-refractivity contribution >= 4 is 58.1 Å². The summed E-state index contributed by atoms with van der Waals surface area (Å²) in [5.74, 6) is -1.42. The van der Waals surface area contributed by atoms with Crippen LogP contribution in [0.25, 0.3) is 32.7 Å². The fraction of sp³-hybridized carbons (Fsp3) is 0.500. The second-order valence-electron chi connectivity index (χ2n) is 20.3. The van der Waals surface area contributed by atoms with E-state index in [1.54, 1.807) is 95.2 Å². The third-order valence-corrected chi connectivity index (χ3v) is 9.64. The molecule has 4 N–H and O–H groups in total. The first-order chi connectivity index (χ1) is 30.7. The van der Waals surface area contributed by atoms with Gasteiger partial charge in [0.15, 0.2) is 0 Å². The highest BCUT2D eigenvalue weighted by molar-refractivity contribution is 6.14. The van der Waals surface area contributed by atoms with E-state index in [1.165, 1.54) is 12.4 Å². The van der Waals surface area contributed by atoms with Gasteiger partial charge in [0.05, 0.1) is 0 Å². The van der Waals surface area contributed by atoms with Crippen LogP contribution in [0.2, 0.25) is 0 Å². The second-order valence-corrected chi connectivity index (χ2v) is 20.3. The highest BCUT2D eigenvalue weighted by atomic mass is 16.6. The average molecular weight is 911 g/mol. The minimum atomic E-state index is -0.923. The molecule has 358 valence electrons. The van der Waals surface area contributed by atoms with Crippen LogP contribution in [0.15, 0.2) is 70.6 Å². The van der Waals surface area contributed by atoms with Gasteiger partial charge in [-0.05, 0) is 155 Å². The lowest BCUT2D eigenvalue weighted by atomic mass is 9.89. The van der Waals surface area contributed by atoms with E-state index in [2.05, 4.69) is 20.6 Å². The standard InChI is InChI=1S/C52H70N4O10/c1-49(2,3)63-45(59)39(25-17-19-27-53-47(61)65-51(7,8)9)55-31-35-29-33-21-13-15-23-37(33)41(43(35)57)42-38-24-16-14-22-34(38)30-36(44(42)58)32-56-40(46(60)64-50(4,5)6)26-18-20-28-54-48(62)66-52(10,11)12/h13-16,21-24,29-32,39-40,57-58H,17-20,25-28H2,1-12H3,(H,53,61)(H,54,62)/t39-,40-/m0/s1. The molecule has 0 aliphatic rings. The van der Waals surface area contributed by atoms with Gasteiger partial charge >= 0.3 is 24.1 Å². The van der Waals surface area contributed by atoms with Crippen molar-refractivity contribution < 1.29 is 48.3 Å². The number of benzene rings is 4. The monoisotopic (exact) mass is 911 g/mol. The normalized spacial score (nSPS) is 13.5. The van der Waals surface area contributed by atoms with Gasteiger partial charge in [-0.3, -0.25) is 9.98 Å². The zero-order valence-corrected chi connectivity index (χ0v) is 40.8. The van der Waals surface area contributed by atoms with Gasteiger partial charge in [0.25, 0.3) is 0 Å². The molecule has 0 radical (unpaired) electrons. The number of amides is 2. The molecule has 0 unspecified atom stereocenters. The molecule has 0 bridgehead atoms. The Balaban J connectivity index is 1.73. The van der Waals surface area contributed by atoms with E-state index in [9.17, 15) is 29.4 Å². The number of carbonyl (C=O) groups is 4. The minimum absolute atomic E-state index is 0.178. The number of ether oxygens (including phenoxy) is 4. The van der Waals surface area contributed by atoms with Crippen LogP contribution in [0.5, 0.6) is 11.5 Å². The van der Waals surface area contributed by atoms with Crippen LogP contribution in [-0.2, 0) is 28.5 Å². The molecule has 4 aromatic carbocycles. The Labute approximate surface area is 389 Å². The second kappa shape index (κ2) is 22.3. The van der Waals surface area contributed by atoms with E-state index in [0.29, 0.717) is 84.6 Å². The van der Waals surface area contributed by atoms with Gasteiger partial charge in [0.1, 0.15) is 46.0 Å². The Morgan fingerprint density at radius 3 is 1.20 bits per heavy atom. The topological polar surface area (TPSA) is 194 Å². The first kappa shape index (κ1) is 52.4. The van der Waals surface area contributed by atoms with Crippen molar-refractivity contribution in [1.29, 1.82) is 0 Å². The van der Waals surface area contributed by atoms with Crippen molar-refractivity contribution in [2.75, 3.05) is 13.1 Å². The molecular weight excluding hydrogens is 841 g/mol. The van der Waals surface area contributed by atoms with Gasteiger partial charge in [-0.1, -0.05) is 48.5 Å². The Morgan fingerprint density at radius 2 is 0.864 bits per heavy atom. The number of carbonyl (C=O) groups excluding carboxylic acids is 4. The summed E-state index contributed by atoms with van der Waals surface area (Å²) in [5, 5.41) is 32.8. The highest BCUT2D eigenvalue weighted by Gasteiger charge is 2.28. The zero-order valence-electron chi connectivity index (χ0n) is 40.8. The maximum atomic E-state index is 13.5. The van der Waals surface area contributed by atoms with E-state index in [4.69, 9.17) is 18.9 Å². The fourth-order valence-electron chi connectivity index (χ4n) is 6.94. The fourth-order valence-corrected chi connectivity index (χ4v) is 6.94. The first-order valence-corrected chi connectivity index (χ1v) is 22.7. The largest absolute Gasteiger partial charge is 0.507 e. The molecule has 0 saturated heterocycles. The van der Waals surface area contributed by atoms with Gasteiger partial charge in [-0.15, -0.1) is 0 Å². The quantitative estimate of drug-likeness (QED) is 0.0343. The van der Waals surface area contributed by atoms with Crippen LogP contribution in [0, 0.1) is 0 Å². The van der Waals surface area contributed by atoms with Crippen molar-refractivity contribution in [2.24, 2.45) is 9.98 Å². The summed E-state index contributed by atoms with van der Waals surface area (Å²) in [6.07, 6.45) is 4.65. The van der Waals surface area contributed by atoms with Crippen LogP contribution >= 0.6 is 0 Å². The number of phenols is 2. The number of fused-ring (bicyclic) bond motifs is 2. The Bertz CT molecular complexity index is 2230. The Kier molecular flexibility index (Phi) is 17.8. The molecule has 0 spiro atoms. The number of phenolic OH excluding ortho intramolecular Hbond substituents is 2. The average Bonchev–Trinajstić information content (AvgIpc) is 3.18. The number of rotatable bonds is 17. The van der Waals surface area contributed by atoms with Gasteiger partial charge in [-0.2, -0.15) is 0 Å². The Hall–Kier alpha value is -6.18. The molecular formula is C52H70N4O10. The number of unbranched alkanes of at least 4 members (excludes halogenated alkanes) is 2. The molecule has 14 heteroatoms. The molecule has 2 amide bonds.